The molecule has 0 saturated carbocycles. The molecular weight excluding hydrogens is 206 g/mol. The average Bonchev–Trinajstić information content (AvgIpc) is 2.19. The Hall–Kier alpha value is -1.91. The number of anilines is 1. The number of aromatic nitrogens is 1. The predicted octanol–water partition coefficient (Wildman–Crippen LogP) is 1.05. The van der Waals surface area contributed by atoms with E-state index in [-0.39, 0.29) is 11.8 Å². The summed E-state index contributed by atoms with van der Waals surface area (Å²) >= 11 is 0. The van der Waals surface area contributed by atoms with Crippen molar-refractivity contribution in [1.82, 2.24) is 9.88 Å². The van der Waals surface area contributed by atoms with Crippen LogP contribution in [0.2, 0.25) is 0 Å². The van der Waals surface area contributed by atoms with Crippen molar-refractivity contribution >= 4 is 17.6 Å². The molecule has 0 aliphatic rings. The minimum atomic E-state index is -0.178. The van der Waals surface area contributed by atoms with Crippen molar-refractivity contribution in [2.24, 2.45) is 0 Å². The second-order valence-electron chi connectivity index (χ2n) is 3.77. The topological polar surface area (TPSA) is 62.3 Å². The van der Waals surface area contributed by atoms with Gasteiger partial charge in [-0.3, -0.25) is 9.59 Å². The van der Waals surface area contributed by atoms with Gasteiger partial charge in [0.2, 0.25) is 5.91 Å². The fourth-order valence-electron chi connectivity index (χ4n) is 1.25. The van der Waals surface area contributed by atoms with E-state index in [1.54, 1.807) is 27.1 Å². The number of hydrogen-bond acceptors (Lipinski definition) is 3. The minimum Gasteiger partial charge on any atom is -0.345 e. The summed E-state index contributed by atoms with van der Waals surface area (Å²) in [4.78, 5) is 28.0. The zero-order chi connectivity index (χ0) is 12.3. The van der Waals surface area contributed by atoms with Gasteiger partial charge in [-0.2, -0.15) is 0 Å². The second-order valence-corrected chi connectivity index (χ2v) is 3.77. The van der Waals surface area contributed by atoms with Crippen LogP contribution in [0.1, 0.15) is 22.8 Å². The van der Waals surface area contributed by atoms with Gasteiger partial charge in [-0.05, 0) is 18.6 Å². The summed E-state index contributed by atoms with van der Waals surface area (Å²) < 4.78 is 0. The first-order valence-electron chi connectivity index (χ1n) is 4.87. The number of amides is 2. The van der Waals surface area contributed by atoms with Gasteiger partial charge < -0.3 is 10.2 Å². The van der Waals surface area contributed by atoms with Crippen molar-refractivity contribution in [1.29, 1.82) is 0 Å². The predicted molar refractivity (Wildman–Crippen MR) is 61.3 cm³/mol. The molecule has 0 saturated heterocycles. The van der Waals surface area contributed by atoms with Crippen molar-refractivity contribution < 1.29 is 9.59 Å². The van der Waals surface area contributed by atoms with Gasteiger partial charge in [0.25, 0.3) is 5.91 Å². The molecule has 0 aliphatic carbocycles. The first-order chi connectivity index (χ1) is 7.41. The maximum Gasteiger partial charge on any atom is 0.254 e. The fourth-order valence-corrected chi connectivity index (χ4v) is 1.25. The van der Waals surface area contributed by atoms with Gasteiger partial charge in [0.1, 0.15) is 5.82 Å². The summed E-state index contributed by atoms with van der Waals surface area (Å²) in [6.45, 7) is 3.21. The van der Waals surface area contributed by atoms with Gasteiger partial charge in [0, 0.05) is 27.2 Å². The average molecular weight is 221 g/mol. The van der Waals surface area contributed by atoms with Gasteiger partial charge in [-0.1, -0.05) is 0 Å². The van der Waals surface area contributed by atoms with E-state index in [2.05, 4.69) is 10.3 Å². The zero-order valence-electron chi connectivity index (χ0n) is 9.87. The van der Waals surface area contributed by atoms with Crippen LogP contribution in [0.5, 0.6) is 0 Å². The molecule has 1 heterocycles. The summed E-state index contributed by atoms with van der Waals surface area (Å²) in [6, 6.07) is 1.71. The van der Waals surface area contributed by atoms with Crippen LogP contribution in [-0.4, -0.2) is 35.8 Å². The van der Waals surface area contributed by atoms with Crippen LogP contribution in [0.3, 0.4) is 0 Å². The van der Waals surface area contributed by atoms with E-state index in [4.69, 9.17) is 0 Å². The highest BCUT2D eigenvalue weighted by atomic mass is 16.2. The van der Waals surface area contributed by atoms with Gasteiger partial charge in [0.15, 0.2) is 0 Å². The van der Waals surface area contributed by atoms with Crippen LogP contribution in [0, 0.1) is 6.92 Å². The largest absolute Gasteiger partial charge is 0.345 e. The highest BCUT2D eigenvalue weighted by molar-refractivity contribution is 5.94. The summed E-state index contributed by atoms with van der Waals surface area (Å²) in [5, 5.41) is 2.59. The first kappa shape index (κ1) is 12.2. The summed E-state index contributed by atoms with van der Waals surface area (Å²) in [5.41, 5.74) is 1.28. The van der Waals surface area contributed by atoms with Crippen molar-refractivity contribution in [3.63, 3.8) is 0 Å². The highest BCUT2D eigenvalue weighted by Gasteiger charge is 2.10. The van der Waals surface area contributed by atoms with Crippen molar-refractivity contribution in [3.8, 4) is 0 Å². The van der Waals surface area contributed by atoms with Crippen LogP contribution in [0.15, 0.2) is 12.3 Å². The van der Waals surface area contributed by atoms with E-state index in [1.165, 1.54) is 18.0 Å². The van der Waals surface area contributed by atoms with E-state index in [0.29, 0.717) is 11.4 Å². The number of pyridine rings is 1. The Morgan fingerprint density at radius 2 is 2.00 bits per heavy atom. The Bertz CT molecular complexity index is 427. The number of carbonyl (C=O) groups excluding carboxylic acids is 2. The molecule has 1 aromatic rings. The van der Waals surface area contributed by atoms with E-state index < -0.39 is 0 Å². The molecule has 0 unspecified atom stereocenters. The van der Waals surface area contributed by atoms with Crippen LogP contribution in [0.25, 0.3) is 0 Å². The molecule has 0 aliphatic heterocycles. The number of rotatable bonds is 2. The standard InChI is InChI=1S/C11H15N3O2/c1-7-5-9(11(16)14(3)4)6-12-10(7)13-8(2)15/h5-6H,1-4H3,(H,12,13,15). The number of hydrogen-bond donors (Lipinski definition) is 1. The third-order valence-electron chi connectivity index (χ3n) is 2.03. The molecular formula is C11H15N3O2. The molecule has 0 bridgehead atoms. The Morgan fingerprint density at radius 3 is 2.44 bits per heavy atom. The van der Waals surface area contributed by atoms with Gasteiger partial charge in [-0.25, -0.2) is 4.98 Å². The SMILES string of the molecule is CC(=O)Nc1ncc(C(=O)N(C)C)cc1C. The first-order valence-corrected chi connectivity index (χ1v) is 4.87. The molecule has 5 heteroatoms. The molecule has 0 aromatic carbocycles. The highest BCUT2D eigenvalue weighted by Crippen LogP contribution is 2.13. The molecule has 5 nitrogen and oxygen atoms in total. The third kappa shape index (κ3) is 2.79. The van der Waals surface area contributed by atoms with E-state index in [1.807, 2.05) is 0 Å². The lowest BCUT2D eigenvalue weighted by atomic mass is 10.2. The molecule has 86 valence electrons. The Labute approximate surface area is 94.5 Å². The number of carbonyl (C=O) groups is 2. The lowest BCUT2D eigenvalue weighted by Gasteiger charge is -2.11. The number of nitrogens with one attached hydrogen (secondary N) is 1. The lowest BCUT2D eigenvalue weighted by Crippen LogP contribution is -2.22. The van der Waals surface area contributed by atoms with Gasteiger partial charge in [0.05, 0.1) is 5.56 Å². The quantitative estimate of drug-likeness (QED) is 0.812. The molecule has 1 aromatic heterocycles. The van der Waals surface area contributed by atoms with Crippen LogP contribution >= 0.6 is 0 Å². The fraction of sp³-hybridized carbons (Fsp3) is 0.364. The lowest BCUT2D eigenvalue weighted by molar-refractivity contribution is -0.114. The Kier molecular flexibility index (Phi) is 3.60. The molecule has 0 fully saturated rings. The molecule has 0 spiro atoms. The van der Waals surface area contributed by atoms with E-state index >= 15 is 0 Å². The summed E-state index contributed by atoms with van der Waals surface area (Å²) in [5.74, 6) is 0.204. The molecule has 2 amide bonds. The summed E-state index contributed by atoms with van der Waals surface area (Å²) in [6.07, 6.45) is 1.46. The van der Waals surface area contributed by atoms with Crippen LogP contribution in [0.4, 0.5) is 5.82 Å². The monoisotopic (exact) mass is 221 g/mol. The maximum atomic E-state index is 11.6. The molecule has 0 atom stereocenters. The normalized spacial score (nSPS) is 9.75. The van der Waals surface area contributed by atoms with Crippen LogP contribution in [-0.2, 0) is 4.79 Å². The minimum absolute atomic E-state index is 0.107. The van der Waals surface area contributed by atoms with E-state index in [0.717, 1.165) is 5.56 Å². The maximum absolute atomic E-state index is 11.6. The second kappa shape index (κ2) is 4.74. The molecule has 0 radical (unpaired) electrons. The Balaban J connectivity index is 2.99. The van der Waals surface area contributed by atoms with Crippen LogP contribution < -0.4 is 5.32 Å². The van der Waals surface area contributed by atoms with Crippen molar-refractivity contribution in [2.45, 2.75) is 13.8 Å². The molecule has 1 rings (SSSR count). The molecule has 16 heavy (non-hydrogen) atoms. The van der Waals surface area contributed by atoms with Crippen molar-refractivity contribution in [2.75, 3.05) is 19.4 Å². The molecule has 1 N–H and O–H groups in total. The van der Waals surface area contributed by atoms with Gasteiger partial charge >= 0.3 is 0 Å². The van der Waals surface area contributed by atoms with Gasteiger partial charge in [-0.15, -0.1) is 0 Å². The number of aryl methyl sites for hydroxylation is 1. The zero-order valence-corrected chi connectivity index (χ0v) is 9.87. The third-order valence-corrected chi connectivity index (χ3v) is 2.03. The summed E-state index contributed by atoms with van der Waals surface area (Å²) in [7, 11) is 3.36. The smallest absolute Gasteiger partial charge is 0.254 e. The van der Waals surface area contributed by atoms with Crippen molar-refractivity contribution in [3.05, 3.63) is 23.4 Å². The number of nitrogens with zero attached hydrogens (tertiary/aromatic N) is 2. The van der Waals surface area contributed by atoms with E-state index in [9.17, 15) is 9.59 Å². The Morgan fingerprint density at radius 1 is 1.38 bits per heavy atom.